The summed E-state index contributed by atoms with van der Waals surface area (Å²) in [6.07, 6.45) is 0. The van der Waals surface area contributed by atoms with Gasteiger partial charge in [-0.15, -0.1) is 11.6 Å². The lowest BCUT2D eigenvalue weighted by Gasteiger charge is -2.01. The Morgan fingerprint density at radius 3 is 2.10 bits per heavy atom. The Bertz CT molecular complexity index is 55.7. The van der Waals surface area contributed by atoms with E-state index in [2.05, 4.69) is 0 Å². The molecule has 0 aliphatic rings. The second kappa shape index (κ2) is 9.17. The van der Waals surface area contributed by atoms with Crippen LogP contribution in [0, 0.1) is 0 Å². The summed E-state index contributed by atoms with van der Waals surface area (Å²) in [6.45, 7) is 2.97. The van der Waals surface area contributed by atoms with Crippen LogP contribution in [0.25, 0.3) is 0 Å². The fourth-order valence-corrected chi connectivity index (χ4v) is 0.569. The van der Waals surface area contributed by atoms with E-state index in [-0.39, 0.29) is 0 Å². The molecule has 0 aliphatic carbocycles. The molecular formula is C6H14ClNO2. The molecule has 0 rings (SSSR count). The van der Waals surface area contributed by atoms with Gasteiger partial charge in [-0.2, -0.15) is 0 Å². The Hall–Kier alpha value is 0.170. The first-order chi connectivity index (χ1) is 4.91. The highest BCUT2D eigenvalue weighted by atomic mass is 35.5. The van der Waals surface area contributed by atoms with E-state index in [9.17, 15) is 0 Å². The van der Waals surface area contributed by atoms with Gasteiger partial charge in [-0.05, 0) is 0 Å². The van der Waals surface area contributed by atoms with Crippen LogP contribution in [0.15, 0.2) is 0 Å². The highest BCUT2D eigenvalue weighted by Gasteiger charge is 1.86. The lowest BCUT2D eigenvalue weighted by molar-refractivity contribution is 0.0568. The maximum absolute atomic E-state index is 5.36. The minimum atomic E-state index is 0.539. The van der Waals surface area contributed by atoms with Gasteiger partial charge in [0.2, 0.25) is 0 Å². The van der Waals surface area contributed by atoms with Gasteiger partial charge in [0.25, 0.3) is 0 Å². The van der Waals surface area contributed by atoms with Crippen molar-refractivity contribution in [2.24, 2.45) is 5.73 Å². The summed E-state index contributed by atoms with van der Waals surface area (Å²) in [6, 6.07) is 0. The summed E-state index contributed by atoms with van der Waals surface area (Å²) in [5, 5.41) is 0. The molecule has 0 heterocycles. The molecule has 3 nitrogen and oxygen atoms in total. The van der Waals surface area contributed by atoms with Gasteiger partial charge in [0.15, 0.2) is 0 Å². The van der Waals surface area contributed by atoms with Crippen LogP contribution in [-0.2, 0) is 9.47 Å². The van der Waals surface area contributed by atoms with Crippen molar-refractivity contribution in [3.8, 4) is 0 Å². The molecule has 62 valence electrons. The first kappa shape index (κ1) is 10.2. The summed E-state index contributed by atoms with van der Waals surface area (Å²) in [5.41, 5.74) is 5.18. The molecule has 0 aromatic rings. The Kier molecular flexibility index (Phi) is 9.33. The Balaban J connectivity index is 2.65. The van der Waals surface area contributed by atoms with Crippen LogP contribution in [0.5, 0.6) is 0 Å². The maximum Gasteiger partial charge on any atom is 0.0701 e. The lowest BCUT2D eigenvalue weighted by atomic mass is 10.7. The van der Waals surface area contributed by atoms with Gasteiger partial charge in [-0.1, -0.05) is 0 Å². The number of ether oxygens (including phenoxy) is 2. The summed E-state index contributed by atoms with van der Waals surface area (Å²) >= 11 is 5.36. The van der Waals surface area contributed by atoms with Crippen LogP contribution in [0.1, 0.15) is 0 Å². The first-order valence-corrected chi connectivity index (χ1v) is 3.86. The van der Waals surface area contributed by atoms with E-state index in [1.807, 2.05) is 0 Å². The molecule has 0 amide bonds. The molecule has 0 radical (unpaired) electrons. The molecule has 4 heteroatoms. The SMILES string of the molecule is NCCOCCOCCCl. The number of rotatable bonds is 7. The van der Waals surface area contributed by atoms with Crippen LogP contribution in [0.3, 0.4) is 0 Å². The minimum Gasteiger partial charge on any atom is -0.378 e. The second-order valence-electron chi connectivity index (χ2n) is 1.70. The van der Waals surface area contributed by atoms with Gasteiger partial charge in [-0.25, -0.2) is 0 Å². The van der Waals surface area contributed by atoms with Gasteiger partial charge >= 0.3 is 0 Å². The van der Waals surface area contributed by atoms with Crippen molar-refractivity contribution >= 4 is 11.6 Å². The topological polar surface area (TPSA) is 44.5 Å². The highest BCUT2D eigenvalue weighted by Crippen LogP contribution is 1.79. The summed E-state index contributed by atoms with van der Waals surface area (Å²) in [7, 11) is 0. The number of alkyl halides is 1. The first-order valence-electron chi connectivity index (χ1n) is 3.33. The lowest BCUT2D eigenvalue weighted by Crippen LogP contribution is -2.12. The molecule has 0 bridgehead atoms. The quantitative estimate of drug-likeness (QED) is 0.436. The minimum absolute atomic E-state index is 0.539. The van der Waals surface area contributed by atoms with E-state index in [0.717, 1.165) is 0 Å². The third kappa shape index (κ3) is 8.17. The molecule has 0 aliphatic heterocycles. The number of nitrogens with two attached hydrogens (primary N) is 1. The summed E-state index contributed by atoms with van der Waals surface area (Å²) < 4.78 is 10.1. The fraction of sp³-hybridized carbons (Fsp3) is 1.00. The number of halogens is 1. The third-order valence-corrected chi connectivity index (χ3v) is 1.01. The van der Waals surface area contributed by atoms with Crippen molar-refractivity contribution < 1.29 is 9.47 Å². The van der Waals surface area contributed by atoms with Crippen molar-refractivity contribution in [2.75, 3.05) is 38.9 Å². The van der Waals surface area contributed by atoms with E-state index >= 15 is 0 Å². The smallest absolute Gasteiger partial charge is 0.0701 e. The van der Waals surface area contributed by atoms with Crippen LogP contribution in [0.2, 0.25) is 0 Å². The molecule has 0 saturated carbocycles. The number of hydrogen-bond donors (Lipinski definition) is 1. The van der Waals surface area contributed by atoms with E-state index in [0.29, 0.717) is 38.9 Å². The molecule has 0 aromatic heterocycles. The predicted molar refractivity (Wildman–Crippen MR) is 41.4 cm³/mol. The molecular weight excluding hydrogens is 154 g/mol. The number of hydrogen-bond acceptors (Lipinski definition) is 3. The van der Waals surface area contributed by atoms with Crippen molar-refractivity contribution in [1.29, 1.82) is 0 Å². The van der Waals surface area contributed by atoms with E-state index in [1.165, 1.54) is 0 Å². The van der Waals surface area contributed by atoms with E-state index in [4.69, 9.17) is 26.8 Å². The van der Waals surface area contributed by atoms with Gasteiger partial charge < -0.3 is 15.2 Å². The zero-order valence-corrected chi connectivity index (χ0v) is 6.77. The largest absolute Gasteiger partial charge is 0.378 e. The summed E-state index contributed by atoms with van der Waals surface area (Å²) in [5.74, 6) is 0.539. The van der Waals surface area contributed by atoms with Crippen LogP contribution in [-0.4, -0.2) is 38.9 Å². The molecule has 0 unspecified atom stereocenters. The van der Waals surface area contributed by atoms with Crippen LogP contribution >= 0.6 is 11.6 Å². The molecule has 0 spiro atoms. The molecule has 0 atom stereocenters. The van der Waals surface area contributed by atoms with Crippen molar-refractivity contribution in [3.63, 3.8) is 0 Å². The normalized spacial score (nSPS) is 10.2. The second-order valence-corrected chi connectivity index (χ2v) is 2.08. The van der Waals surface area contributed by atoms with Gasteiger partial charge in [0, 0.05) is 12.4 Å². The average Bonchev–Trinajstić information content (AvgIpc) is 1.97. The van der Waals surface area contributed by atoms with E-state index < -0.39 is 0 Å². The van der Waals surface area contributed by atoms with Crippen molar-refractivity contribution in [1.82, 2.24) is 0 Å². The van der Waals surface area contributed by atoms with Gasteiger partial charge in [0.05, 0.1) is 26.4 Å². The molecule has 10 heavy (non-hydrogen) atoms. The Morgan fingerprint density at radius 1 is 1.00 bits per heavy atom. The van der Waals surface area contributed by atoms with Crippen molar-refractivity contribution in [3.05, 3.63) is 0 Å². The fourth-order valence-electron chi connectivity index (χ4n) is 0.460. The molecule has 0 saturated heterocycles. The van der Waals surface area contributed by atoms with E-state index in [1.54, 1.807) is 0 Å². The van der Waals surface area contributed by atoms with Gasteiger partial charge in [-0.3, -0.25) is 0 Å². The van der Waals surface area contributed by atoms with Gasteiger partial charge in [0.1, 0.15) is 0 Å². The monoisotopic (exact) mass is 167 g/mol. The third-order valence-electron chi connectivity index (χ3n) is 0.856. The summed E-state index contributed by atoms with van der Waals surface area (Å²) in [4.78, 5) is 0. The maximum atomic E-state index is 5.36. The van der Waals surface area contributed by atoms with Crippen LogP contribution < -0.4 is 5.73 Å². The zero-order chi connectivity index (χ0) is 7.66. The molecule has 0 fully saturated rings. The molecule has 2 N–H and O–H groups in total. The average molecular weight is 168 g/mol. The Morgan fingerprint density at radius 2 is 1.60 bits per heavy atom. The molecule has 0 aromatic carbocycles. The van der Waals surface area contributed by atoms with Crippen molar-refractivity contribution in [2.45, 2.75) is 0 Å². The Labute approximate surface area is 66.4 Å². The zero-order valence-electron chi connectivity index (χ0n) is 6.01. The highest BCUT2D eigenvalue weighted by molar-refractivity contribution is 6.17. The van der Waals surface area contributed by atoms with Crippen LogP contribution in [0.4, 0.5) is 0 Å². The standard InChI is InChI=1S/C6H14ClNO2/c7-1-3-9-5-6-10-4-2-8/h1-6,8H2. The predicted octanol–water partition coefficient (Wildman–Crippen LogP) is 0.217.